The average molecular weight is 237 g/mol. The highest BCUT2D eigenvalue weighted by molar-refractivity contribution is 7.80. The number of nitrogens with zero attached hydrogens (tertiary/aromatic N) is 2. The fourth-order valence-electron chi connectivity index (χ4n) is 1.83. The lowest BCUT2D eigenvalue weighted by Gasteiger charge is -2.23. The summed E-state index contributed by atoms with van der Waals surface area (Å²) >= 11 is 5.04. The smallest absolute Gasteiger partial charge is 0.106 e. The van der Waals surface area contributed by atoms with Crippen molar-refractivity contribution in [2.45, 2.75) is 6.42 Å². The van der Waals surface area contributed by atoms with Crippen LogP contribution in [0.4, 0.5) is 5.69 Å². The van der Waals surface area contributed by atoms with Crippen molar-refractivity contribution in [2.24, 2.45) is 5.73 Å². The molecule has 16 heavy (non-hydrogen) atoms. The Morgan fingerprint density at radius 3 is 3.12 bits per heavy atom. The van der Waals surface area contributed by atoms with Crippen LogP contribution in [-0.2, 0) is 4.74 Å². The van der Waals surface area contributed by atoms with Gasteiger partial charge in [-0.2, -0.15) is 0 Å². The summed E-state index contributed by atoms with van der Waals surface area (Å²) in [4.78, 5) is 6.79. The first-order chi connectivity index (χ1) is 7.79. The summed E-state index contributed by atoms with van der Waals surface area (Å²) in [6, 6.07) is 1.86. The molecule has 2 rings (SSSR count). The second-order valence-electron chi connectivity index (χ2n) is 3.71. The highest BCUT2D eigenvalue weighted by Gasteiger charge is 2.14. The average Bonchev–Trinajstić information content (AvgIpc) is 2.57. The number of hydrogen-bond donors (Lipinski definition) is 1. The van der Waals surface area contributed by atoms with Crippen LogP contribution < -0.4 is 10.6 Å². The molecular weight excluding hydrogens is 222 g/mol. The second-order valence-corrected chi connectivity index (χ2v) is 4.15. The first kappa shape index (κ1) is 11.3. The van der Waals surface area contributed by atoms with Gasteiger partial charge in [-0.1, -0.05) is 12.2 Å². The number of thiocarbonyl (C=S) groups is 1. The number of hydrogen-bond acceptors (Lipinski definition) is 4. The lowest BCUT2D eigenvalue weighted by atomic mass is 10.2. The van der Waals surface area contributed by atoms with Gasteiger partial charge in [0.1, 0.15) is 4.99 Å². The van der Waals surface area contributed by atoms with Crippen LogP contribution in [0.3, 0.4) is 0 Å². The summed E-state index contributed by atoms with van der Waals surface area (Å²) in [5.41, 5.74) is 7.62. The maximum atomic E-state index is 5.71. The third kappa shape index (κ3) is 2.48. The number of anilines is 1. The highest BCUT2D eigenvalue weighted by atomic mass is 32.1. The van der Waals surface area contributed by atoms with E-state index in [1.165, 1.54) is 0 Å². The van der Waals surface area contributed by atoms with Gasteiger partial charge in [0.25, 0.3) is 0 Å². The fraction of sp³-hybridized carbons (Fsp3) is 0.455. The molecule has 0 bridgehead atoms. The minimum atomic E-state index is 0.419. The minimum absolute atomic E-state index is 0.419. The van der Waals surface area contributed by atoms with Crippen LogP contribution in [0.15, 0.2) is 18.5 Å². The highest BCUT2D eigenvalue weighted by Crippen LogP contribution is 2.20. The number of aromatic nitrogens is 1. The molecule has 1 aliphatic rings. The van der Waals surface area contributed by atoms with E-state index in [-0.39, 0.29) is 0 Å². The normalized spacial score (nSPS) is 16.9. The fourth-order valence-corrected chi connectivity index (χ4v) is 2.01. The molecule has 0 spiro atoms. The van der Waals surface area contributed by atoms with Crippen molar-refractivity contribution in [1.29, 1.82) is 0 Å². The van der Waals surface area contributed by atoms with Gasteiger partial charge in [0, 0.05) is 31.5 Å². The van der Waals surface area contributed by atoms with Crippen LogP contribution in [0.25, 0.3) is 0 Å². The summed E-state index contributed by atoms with van der Waals surface area (Å²) in [6.45, 7) is 3.38. The van der Waals surface area contributed by atoms with E-state index >= 15 is 0 Å². The molecule has 0 atom stereocenters. The summed E-state index contributed by atoms with van der Waals surface area (Å²) in [6.07, 6.45) is 4.55. The van der Waals surface area contributed by atoms with Gasteiger partial charge >= 0.3 is 0 Å². The molecule has 1 aromatic heterocycles. The maximum absolute atomic E-state index is 5.71. The summed E-state index contributed by atoms with van der Waals surface area (Å²) in [7, 11) is 0. The molecule has 1 aromatic rings. The Morgan fingerprint density at radius 1 is 1.44 bits per heavy atom. The Labute approximate surface area is 100 Å². The lowest BCUT2D eigenvalue weighted by molar-refractivity contribution is 0.152. The molecule has 1 saturated heterocycles. The third-order valence-corrected chi connectivity index (χ3v) is 2.85. The Morgan fingerprint density at radius 2 is 2.31 bits per heavy atom. The van der Waals surface area contributed by atoms with Crippen molar-refractivity contribution < 1.29 is 4.74 Å². The zero-order chi connectivity index (χ0) is 11.4. The number of ether oxygens (including phenoxy) is 1. The molecule has 0 aliphatic carbocycles. The van der Waals surface area contributed by atoms with Crippen LogP contribution in [-0.4, -0.2) is 36.3 Å². The van der Waals surface area contributed by atoms with E-state index < -0.39 is 0 Å². The Kier molecular flexibility index (Phi) is 3.69. The molecule has 2 heterocycles. The molecular formula is C11H15N3OS. The largest absolute Gasteiger partial charge is 0.389 e. The van der Waals surface area contributed by atoms with Crippen LogP contribution in [0.2, 0.25) is 0 Å². The first-order valence-electron chi connectivity index (χ1n) is 5.35. The summed E-state index contributed by atoms with van der Waals surface area (Å²) in [5.74, 6) is 0. The summed E-state index contributed by atoms with van der Waals surface area (Å²) < 4.78 is 5.42. The van der Waals surface area contributed by atoms with E-state index in [4.69, 9.17) is 22.7 Å². The quantitative estimate of drug-likeness (QED) is 0.776. The molecule has 0 radical (unpaired) electrons. The first-order valence-corrected chi connectivity index (χ1v) is 5.76. The van der Waals surface area contributed by atoms with E-state index in [0.29, 0.717) is 4.99 Å². The molecule has 5 heteroatoms. The van der Waals surface area contributed by atoms with E-state index in [9.17, 15) is 0 Å². The Bertz CT molecular complexity index is 375. The molecule has 2 N–H and O–H groups in total. The zero-order valence-corrected chi connectivity index (χ0v) is 9.87. The van der Waals surface area contributed by atoms with Crippen LogP contribution >= 0.6 is 12.2 Å². The van der Waals surface area contributed by atoms with E-state index in [1.807, 2.05) is 12.3 Å². The van der Waals surface area contributed by atoms with Crippen LogP contribution in [0.1, 0.15) is 12.0 Å². The molecule has 1 aliphatic heterocycles. The third-order valence-electron chi connectivity index (χ3n) is 2.63. The second kappa shape index (κ2) is 5.23. The van der Waals surface area contributed by atoms with Gasteiger partial charge in [0.2, 0.25) is 0 Å². The topological polar surface area (TPSA) is 51.4 Å². The Hall–Kier alpha value is -1.20. The van der Waals surface area contributed by atoms with Crippen molar-refractivity contribution in [1.82, 2.24) is 4.98 Å². The summed E-state index contributed by atoms with van der Waals surface area (Å²) in [5, 5.41) is 0. The van der Waals surface area contributed by atoms with Gasteiger partial charge in [-0.3, -0.25) is 4.98 Å². The van der Waals surface area contributed by atoms with Crippen molar-refractivity contribution in [3.63, 3.8) is 0 Å². The predicted octanol–water partition coefficient (Wildman–Crippen LogP) is 0.942. The van der Waals surface area contributed by atoms with E-state index in [1.54, 1.807) is 6.20 Å². The molecule has 0 saturated carbocycles. The standard InChI is InChI=1S/C11H15N3OS/c12-11(16)9-2-3-13-8-10(9)14-4-1-6-15-7-5-14/h2-3,8H,1,4-7H2,(H2,12,16). The van der Waals surface area contributed by atoms with Gasteiger partial charge in [-0.25, -0.2) is 0 Å². The molecule has 0 amide bonds. The number of pyridine rings is 1. The van der Waals surface area contributed by atoms with Gasteiger partial charge in [0.15, 0.2) is 0 Å². The van der Waals surface area contributed by atoms with Crippen molar-refractivity contribution in [3.05, 3.63) is 24.0 Å². The SMILES string of the molecule is NC(=S)c1ccncc1N1CCCOCC1. The number of nitrogens with two attached hydrogens (primary N) is 1. The minimum Gasteiger partial charge on any atom is -0.389 e. The molecule has 1 fully saturated rings. The van der Waals surface area contributed by atoms with Gasteiger partial charge in [0.05, 0.1) is 18.5 Å². The number of rotatable bonds is 2. The van der Waals surface area contributed by atoms with Crippen LogP contribution in [0.5, 0.6) is 0 Å². The van der Waals surface area contributed by atoms with E-state index in [0.717, 1.165) is 44.0 Å². The van der Waals surface area contributed by atoms with Crippen molar-refractivity contribution >= 4 is 22.9 Å². The monoisotopic (exact) mass is 237 g/mol. The maximum Gasteiger partial charge on any atom is 0.106 e. The van der Waals surface area contributed by atoms with Gasteiger partial charge in [-0.05, 0) is 12.5 Å². The van der Waals surface area contributed by atoms with Crippen molar-refractivity contribution in [2.75, 3.05) is 31.2 Å². The Balaban J connectivity index is 2.27. The van der Waals surface area contributed by atoms with Gasteiger partial charge in [-0.15, -0.1) is 0 Å². The van der Waals surface area contributed by atoms with E-state index in [2.05, 4.69) is 9.88 Å². The predicted molar refractivity (Wildman–Crippen MR) is 67.8 cm³/mol. The molecule has 0 unspecified atom stereocenters. The molecule has 0 aromatic carbocycles. The zero-order valence-electron chi connectivity index (χ0n) is 9.06. The lowest BCUT2D eigenvalue weighted by Crippen LogP contribution is -2.28. The van der Waals surface area contributed by atoms with Gasteiger partial charge < -0.3 is 15.4 Å². The van der Waals surface area contributed by atoms with Crippen LogP contribution in [0, 0.1) is 0 Å². The molecule has 86 valence electrons. The molecule has 4 nitrogen and oxygen atoms in total. The van der Waals surface area contributed by atoms with Crippen molar-refractivity contribution in [3.8, 4) is 0 Å².